The van der Waals surface area contributed by atoms with Gasteiger partial charge in [-0.15, -0.1) is 0 Å². The van der Waals surface area contributed by atoms with E-state index in [-0.39, 0.29) is 5.82 Å². The van der Waals surface area contributed by atoms with Crippen molar-refractivity contribution in [3.05, 3.63) is 28.5 Å². The van der Waals surface area contributed by atoms with E-state index in [1.165, 1.54) is 25.0 Å². The van der Waals surface area contributed by atoms with Crippen LogP contribution in [0.1, 0.15) is 12.8 Å². The fourth-order valence-corrected chi connectivity index (χ4v) is 1.42. The highest BCUT2D eigenvalue weighted by molar-refractivity contribution is 9.10. The Morgan fingerprint density at radius 1 is 1.42 bits per heavy atom. The molecule has 1 nitrogen and oxygen atoms in total. The smallest absolute Gasteiger partial charge is 0.125 e. The number of hydrogen-bond donors (Lipinski definition) is 1. The first-order valence-corrected chi connectivity index (χ1v) is 4.76. The summed E-state index contributed by atoms with van der Waals surface area (Å²) in [5.74, 6) is -0.193. The van der Waals surface area contributed by atoms with E-state index in [1.807, 2.05) is 0 Å². The van der Waals surface area contributed by atoms with Crippen LogP contribution in [0.25, 0.3) is 0 Å². The van der Waals surface area contributed by atoms with Crippen LogP contribution in [0.3, 0.4) is 0 Å². The number of anilines is 1. The van der Waals surface area contributed by atoms with Crippen LogP contribution in [0.5, 0.6) is 0 Å². The predicted octanol–water partition coefficient (Wildman–Crippen LogP) is 3.16. The minimum absolute atomic E-state index is 0.193. The molecule has 0 heterocycles. The monoisotopic (exact) mass is 229 g/mol. The van der Waals surface area contributed by atoms with Crippen LogP contribution < -0.4 is 5.32 Å². The average molecular weight is 230 g/mol. The van der Waals surface area contributed by atoms with Gasteiger partial charge in [-0.25, -0.2) is 4.39 Å². The third kappa shape index (κ3) is 1.78. The molecular formula is C9H9BrFN. The lowest BCUT2D eigenvalue weighted by Gasteiger charge is -2.06. The van der Waals surface area contributed by atoms with Crippen molar-refractivity contribution in [1.82, 2.24) is 0 Å². The van der Waals surface area contributed by atoms with Gasteiger partial charge < -0.3 is 5.32 Å². The molecule has 0 unspecified atom stereocenters. The van der Waals surface area contributed by atoms with Gasteiger partial charge in [-0.05, 0) is 47.0 Å². The molecule has 1 N–H and O–H groups in total. The van der Waals surface area contributed by atoms with E-state index in [4.69, 9.17) is 0 Å². The van der Waals surface area contributed by atoms with E-state index < -0.39 is 0 Å². The average Bonchev–Trinajstić information content (AvgIpc) is 2.81. The fourth-order valence-electron chi connectivity index (χ4n) is 1.06. The van der Waals surface area contributed by atoms with Crippen LogP contribution in [0.15, 0.2) is 22.7 Å². The first-order chi connectivity index (χ1) is 5.75. The zero-order valence-corrected chi connectivity index (χ0v) is 8.07. The molecule has 0 aromatic heterocycles. The summed E-state index contributed by atoms with van der Waals surface area (Å²) < 4.78 is 13.7. The Balaban J connectivity index is 2.21. The van der Waals surface area contributed by atoms with Crippen molar-refractivity contribution in [1.29, 1.82) is 0 Å². The van der Waals surface area contributed by atoms with Gasteiger partial charge in [0.05, 0.1) is 5.69 Å². The zero-order valence-electron chi connectivity index (χ0n) is 6.48. The van der Waals surface area contributed by atoms with Crippen LogP contribution in [-0.4, -0.2) is 6.04 Å². The van der Waals surface area contributed by atoms with E-state index in [0.717, 1.165) is 10.2 Å². The second-order valence-corrected chi connectivity index (χ2v) is 3.90. The molecule has 0 saturated heterocycles. The third-order valence-electron chi connectivity index (χ3n) is 1.87. The largest absolute Gasteiger partial charge is 0.381 e. The Morgan fingerprint density at radius 3 is 2.83 bits per heavy atom. The van der Waals surface area contributed by atoms with E-state index >= 15 is 0 Å². The Kier molecular flexibility index (Phi) is 2.05. The Labute approximate surface area is 79.1 Å². The lowest BCUT2D eigenvalue weighted by Crippen LogP contribution is -2.01. The SMILES string of the molecule is Fc1ccc(Br)c(NC2CC2)c1. The van der Waals surface area contributed by atoms with E-state index in [0.29, 0.717) is 6.04 Å². The molecule has 0 bridgehead atoms. The molecule has 1 saturated carbocycles. The van der Waals surface area contributed by atoms with Crippen LogP contribution >= 0.6 is 15.9 Å². The molecule has 1 fully saturated rings. The van der Waals surface area contributed by atoms with Gasteiger partial charge in [0, 0.05) is 10.5 Å². The maximum absolute atomic E-state index is 12.8. The van der Waals surface area contributed by atoms with Gasteiger partial charge in [0.15, 0.2) is 0 Å². The summed E-state index contributed by atoms with van der Waals surface area (Å²) in [6, 6.07) is 5.24. The van der Waals surface area contributed by atoms with Crippen molar-refractivity contribution < 1.29 is 4.39 Å². The highest BCUT2D eigenvalue weighted by Gasteiger charge is 2.21. The Hall–Kier alpha value is -0.570. The minimum atomic E-state index is -0.193. The molecule has 1 aliphatic rings. The lowest BCUT2D eigenvalue weighted by atomic mass is 10.3. The highest BCUT2D eigenvalue weighted by atomic mass is 79.9. The van der Waals surface area contributed by atoms with Crippen molar-refractivity contribution in [2.45, 2.75) is 18.9 Å². The molecule has 0 amide bonds. The molecule has 12 heavy (non-hydrogen) atoms. The van der Waals surface area contributed by atoms with E-state index in [1.54, 1.807) is 6.07 Å². The summed E-state index contributed by atoms with van der Waals surface area (Å²) in [7, 11) is 0. The van der Waals surface area contributed by atoms with Gasteiger partial charge in [0.25, 0.3) is 0 Å². The standard InChI is InChI=1S/C9H9BrFN/c10-8-4-1-6(11)5-9(8)12-7-2-3-7/h1,4-5,7,12H,2-3H2. The summed E-state index contributed by atoms with van der Waals surface area (Å²) in [4.78, 5) is 0. The van der Waals surface area contributed by atoms with E-state index in [2.05, 4.69) is 21.2 Å². The van der Waals surface area contributed by atoms with Crippen molar-refractivity contribution >= 4 is 21.6 Å². The van der Waals surface area contributed by atoms with Crippen molar-refractivity contribution in [3.8, 4) is 0 Å². The molecular weight excluding hydrogens is 221 g/mol. The van der Waals surface area contributed by atoms with Gasteiger partial charge in [0.2, 0.25) is 0 Å². The van der Waals surface area contributed by atoms with Crippen molar-refractivity contribution in [3.63, 3.8) is 0 Å². The number of hydrogen-bond acceptors (Lipinski definition) is 1. The summed E-state index contributed by atoms with van der Waals surface area (Å²) in [5.41, 5.74) is 0.859. The molecule has 0 spiro atoms. The van der Waals surface area contributed by atoms with Gasteiger partial charge in [-0.3, -0.25) is 0 Å². The van der Waals surface area contributed by atoms with Gasteiger partial charge >= 0.3 is 0 Å². The number of rotatable bonds is 2. The molecule has 1 aliphatic carbocycles. The number of nitrogens with one attached hydrogen (secondary N) is 1. The maximum Gasteiger partial charge on any atom is 0.125 e. The van der Waals surface area contributed by atoms with Crippen LogP contribution in [-0.2, 0) is 0 Å². The normalized spacial score (nSPS) is 16.2. The van der Waals surface area contributed by atoms with Crippen LogP contribution in [0.4, 0.5) is 10.1 Å². The van der Waals surface area contributed by atoms with Crippen molar-refractivity contribution in [2.75, 3.05) is 5.32 Å². The van der Waals surface area contributed by atoms with Crippen LogP contribution in [0.2, 0.25) is 0 Å². The second kappa shape index (κ2) is 3.05. The maximum atomic E-state index is 12.8. The molecule has 1 aromatic rings. The lowest BCUT2D eigenvalue weighted by molar-refractivity contribution is 0.628. The van der Waals surface area contributed by atoms with Gasteiger partial charge in [-0.2, -0.15) is 0 Å². The molecule has 0 aliphatic heterocycles. The number of benzene rings is 1. The Morgan fingerprint density at radius 2 is 2.17 bits per heavy atom. The molecule has 1 aromatic carbocycles. The van der Waals surface area contributed by atoms with Gasteiger partial charge in [0.1, 0.15) is 5.82 Å². The molecule has 2 rings (SSSR count). The summed E-state index contributed by atoms with van der Waals surface area (Å²) >= 11 is 3.36. The fraction of sp³-hybridized carbons (Fsp3) is 0.333. The first-order valence-electron chi connectivity index (χ1n) is 3.97. The second-order valence-electron chi connectivity index (χ2n) is 3.04. The van der Waals surface area contributed by atoms with Gasteiger partial charge in [-0.1, -0.05) is 0 Å². The summed E-state index contributed by atoms with van der Waals surface area (Å²) in [5, 5.41) is 3.24. The predicted molar refractivity (Wildman–Crippen MR) is 50.7 cm³/mol. The minimum Gasteiger partial charge on any atom is -0.381 e. The molecule has 3 heteroatoms. The summed E-state index contributed by atoms with van der Waals surface area (Å²) in [6.45, 7) is 0. The molecule has 0 radical (unpaired) electrons. The van der Waals surface area contributed by atoms with Crippen molar-refractivity contribution in [2.24, 2.45) is 0 Å². The third-order valence-corrected chi connectivity index (χ3v) is 2.56. The molecule has 0 atom stereocenters. The first kappa shape index (κ1) is 8.05. The van der Waals surface area contributed by atoms with Crippen LogP contribution in [0, 0.1) is 5.82 Å². The quantitative estimate of drug-likeness (QED) is 0.822. The number of halogens is 2. The molecule has 64 valence electrons. The van der Waals surface area contributed by atoms with E-state index in [9.17, 15) is 4.39 Å². The topological polar surface area (TPSA) is 12.0 Å². The Bertz CT molecular complexity index is 297. The highest BCUT2D eigenvalue weighted by Crippen LogP contribution is 2.29. The zero-order chi connectivity index (χ0) is 8.55. The summed E-state index contributed by atoms with van der Waals surface area (Å²) in [6.07, 6.45) is 2.39.